The number of nitrogens with one attached hydrogen (secondary N) is 1. The Morgan fingerprint density at radius 3 is 2.48 bits per heavy atom. The van der Waals surface area contributed by atoms with Gasteiger partial charge in [-0.05, 0) is 49.2 Å². The van der Waals surface area contributed by atoms with Crippen LogP contribution >= 0.6 is 0 Å². The molecule has 116 valence electrons. The Balaban J connectivity index is 1.83. The molecule has 0 aliphatic rings. The third-order valence-corrected chi connectivity index (χ3v) is 3.80. The average Bonchev–Trinajstić information content (AvgIpc) is 2.58. The van der Waals surface area contributed by atoms with E-state index in [1.807, 2.05) is 48.3 Å². The van der Waals surface area contributed by atoms with Crippen molar-refractivity contribution in [2.45, 2.75) is 13.8 Å². The molecule has 0 saturated carbocycles. The third-order valence-electron chi connectivity index (χ3n) is 3.80. The van der Waals surface area contributed by atoms with Crippen LogP contribution in [0.1, 0.15) is 11.1 Å². The standard InChI is InChI=1S/C18H19N5/c1-13-9-10-15(11-14(13)2)20-18-21-17(12-19-22-18)23(3)16-7-5-4-6-8-16/h4-12H,1-3H3,(H,20,21,22). The van der Waals surface area contributed by atoms with Gasteiger partial charge in [0.2, 0.25) is 5.95 Å². The Kier molecular flexibility index (Phi) is 4.19. The molecule has 0 atom stereocenters. The predicted octanol–water partition coefficient (Wildman–Crippen LogP) is 4.00. The van der Waals surface area contributed by atoms with E-state index in [1.54, 1.807) is 6.20 Å². The van der Waals surface area contributed by atoms with Crippen molar-refractivity contribution in [1.82, 2.24) is 15.2 Å². The number of hydrogen-bond donors (Lipinski definition) is 1. The molecule has 0 aliphatic carbocycles. The first kappa shape index (κ1) is 15.0. The summed E-state index contributed by atoms with van der Waals surface area (Å²) < 4.78 is 0. The van der Waals surface area contributed by atoms with Gasteiger partial charge in [0.15, 0.2) is 5.82 Å². The molecule has 3 aromatic rings. The van der Waals surface area contributed by atoms with Gasteiger partial charge in [0.05, 0.1) is 6.20 Å². The average molecular weight is 305 g/mol. The molecule has 5 nitrogen and oxygen atoms in total. The van der Waals surface area contributed by atoms with E-state index in [1.165, 1.54) is 11.1 Å². The molecule has 0 saturated heterocycles. The predicted molar refractivity (Wildman–Crippen MR) is 93.5 cm³/mol. The topological polar surface area (TPSA) is 53.9 Å². The fraction of sp³-hybridized carbons (Fsp3) is 0.167. The summed E-state index contributed by atoms with van der Waals surface area (Å²) in [6, 6.07) is 16.2. The number of aryl methyl sites for hydroxylation is 2. The van der Waals surface area contributed by atoms with Gasteiger partial charge in [-0.2, -0.15) is 10.1 Å². The quantitative estimate of drug-likeness (QED) is 0.789. The lowest BCUT2D eigenvalue weighted by molar-refractivity contribution is 0.957. The third kappa shape index (κ3) is 3.45. The van der Waals surface area contributed by atoms with Crippen LogP contribution in [-0.4, -0.2) is 22.2 Å². The number of benzene rings is 2. The molecule has 1 aromatic heterocycles. The molecule has 1 N–H and O–H groups in total. The van der Waals surface area contributed by atoms with E-state index in [0.717, 1.165) is 17.2 Å². The molecule has 2 aromatic carbocycles. The van der Waals surface area contributed by atoms with Crippen LogP contribution in [0.5, 0.6) is 0 Å². The van der Waals surface area contributed by atoms with Crippen molar-refractivity contribution in [2.24, 2.45) is 0 Å². The van der Waals surface area contributed by atoms with Crippen molar-refractivity contribution in [1.29, 1.82) is 0 Å². The minimum Gasteiger partial charge on any atom is -0.328 e. The summed E-state index contributed by atoms with van der Waals surface area (Å²) >= 11 is 0. The van der Waals surface area contributed by atoms with E-state index in [0.29, 0.717) is 5.95 Å². The Morgan fingerprint density at radius 1 is 0.957 bits per heavy atom. The molecule has 0 amide bonds. The highest BCUT2D eigenvalue weighted by molar-refractivity contribution is 5.61. The lowest BCUT2D eigenvalue weighted by Gasteiger charge is -2.18. The fourth-order valence-electron chi connectivity index (χ4n) is 2.24. The van der Waals surface area contributed by atoms with Crippen molar-refractivity contribution >= 4 is 23.1 Å². The number of anilines is 4. The summed E-state index contributed by atoms with van der Waals surface area (Å²) in [5.41, 5.74) is 4.48. The maximum absolute atomic E-state index is 4.54. The van der Waals surface area contributed by atoms with Crippen LogP contribution in [0.15, 0.2) is 54.7 Å². The van der Waals surface area contributed by atoms with Crippen LogP contribution in [0.3, 0.4) is 0 Å². The van der Waals surface area contributed by atoms with Gasteiger partial charge in [0.25, 0.3) is 0 Å². The first-order valence-corrected chi connectivity index (χ1v) is 7.46. The van der Waals surface area contributed by atoms with E-state index in [9.17, 15) is 0 Å². The molecule has 0 spiro atoms. The smallest absolute Gasteiger partial charge is 0.249 e. The summed E-state index contributed by atoms with van der Waals surface area (Å²) in [4.78, 5) is 6.51. The Hall–Kier alpha value is -2.95. The number of para-hydroxylation sites is 1. The van der Waals surface area contributed by atoms with Crippen LogP contribution < -0.4 is 10.2 Å². The molecule has 23 heavy (non-hydrogen) atoms. The van der Waals surface area contributed by atoms with Gasteiger partial charge in [0, 0.05) is 18.4 Å². The second-order valence-corrected chi connectivity index (χ2v) is 5.46. The van der Waals surface area contributed by atoms with Gasteiger partial charge in [-0.1, -0.05) is 24.3 Å². The summed E-state index contributed by atoms with van der Waals surface area (Å²) in [5, 5.41) is 11.3. The Labute approximate surface area is 136 Å². The van der Waals surface area contributed by atoms with Crippen molar-refractivity contribution in [3.8, 4) is 0 Å². The maximum atomic E-state index is 4.54. The van der Waals surface area contributed by atoms with Crippen LogP contribution in [0.2, 0.25) is 0 Å². The minimum absolute atomic E-state index is 0.480. The zero-order valence-electron chi connectivity index (χ0n) is 13.5. The van der Waals surface area contributed by atoms with Gasteiger partial charge in [-0.25, -0.2) is 0 Å². The molecule has 0 radical (unpaired) electrons. The van der Waals surface area contributed by atoms with E-state index in [2.05, 4.69) is 46.5 Å². The van der Waals surface area contributed by atoms with E-state index >= 15 is 0 Å². The second-order valence-electron chi connectivity index (χ2n) is 5.46. The highest BCUT2D eigenvalue weighted by atomic mass is 15.3. The largest absolute Gasteiger partial charge is 0.328 e. The molecule has 1 heterocycles. The molecule has 5 heteroatoms. The molecule has 3 rings (SSSR count). The van der Waals surface area contributed by atoms with Crippen LogP contribution in [0.4, 0.5) is 23.1 Å². The lowest BCUT2D eigenvalue weighted by Crippen LogP contribution is -2.13. The van der Waals surface area contributed by atoms with Gasteiger partial charge >= 0.3 is 0 Å². The zero-order valence-corrected chi connectivity index (χ0v) is 13.5. The first-order chi connectivity index (χ1) is 11.1. The second kappa shape index (κ2) is 6.44. The number of hydrogen-bond acceptors (Lipinski definition) is 5. The lowest BCUT2D eigenvalue weighted by atomic mass is 10.1. The van der Waals surface area contributed by atoms with Crippen molar-refractivity contribution < 1.29 is 0 Å². The SMILES string of the molecule is Cc1ccc(Nc2nncc(N(C)c3ccccc3)n2)cc1C. The summed E-state index contributed by atoms with van der Waals surface area (Å²) in [6.45, 7) is 4.17. The van der Waals surface area contributed by atoms with Crippen molar-refractivity contribution in [3.05, 3.63) is 65.9 Å². The first-order valence-electron chi connectivity index (χ1n) is 7.46. The highest BCUT2D eigenvalue weighted by Crippen LogP contribution is 2.22. The summed E-state index contributed by atoms with van der Waals surface area (Å²) in [7, 11) is 1.96. The highest BCUT2D eigenvalue weighted by Gasteiger charge is 2.08. The maximum Gasteiger partial charge on any atom is 0.249 e. The monoisotopic (exact) mass is 305 g/mol. The van der Waals surface area contributed by atoms with Crippen LogP contribution in [-0.2, 0) is 0 Å². The van der Waals surface area contributed by atoms with Crippen LogP contribution in [0.25, 0.3) is 0 Å². The minimum atomic E-state index is 0.480. The molecule has 0 unspecified atom stereocenters. The Morgan fingerprint density at radius 2 is 1.74 bits per heavy atom. The summed E-state index contributed by atoms with van der Waals surface area (Å²) in [5.74, 6) is 1.21. The molecule has 0 bridgehead atoms. The zero-order chi connectivity index (χ0) is 16.2. The van der Waals surface area contributed by atoms with E-state index in [4.69, 9.17) is 0 Å². The fourth-order valence-corrected chi connectivity index (χ4v) is 2.24. The normalized spacial score (nSPS) is 10.4. The Bertz CT molecular complexity index is 802. The van der Waals surface area contributed by atoms with Gasteiger partial charge in [-0.3, -0.25) is 0 Å². The van der Waals surface area contributed by atoms with Gasteiger partial charge in [0.1, 0.15) is 0 Å². The number of nitrogens with zero attached hydrogens (tertiary/aromatic N) is 4. The molecular formula is C18H19N5. The number of rotatable bonds is 4. The van der Waals surface area contributed by atoms with Crippen LogP contribution in [0, 0.1) is 13.8 Å². The van der Waals surface area contributed by atoms with Gasteiger partial charge < -0.3 is 10.2 Å². The molecule has 0 fully saturated rings. The van der Waals surface area contributed by atoms with Crippen molar-refractivity contribution in [3.63, 3.8) is 0 Å². The van der Waals surface area contributed by atoms with Gasteiger partial charge in [-0.15, -0.1) is 5.10 Å². The molecular weight excluding hydrogens is 286 g/mol. The van der Waals surface area contributed by atoms with Crippen molar-refractivity contribution in [2.75, 3.05) is 17.3 Å². The van der Waals surface area contributed by atoms with E-state index in [-0.39, 0.29) is 0 Å². The number of aromatic nitrogens is 3. The van der Waals surface area contributed by atoms with E-state index < -0.39 is 0 Å². The molecule has 0 aliphatic heterocycles. The summed E-state index contributed by atoms with van der Waals surface area (Å²) in [6.07, 6.45) is 1.65.